The first-order valence-electron chi connectivity index (χ1n) is 2.86. The number of nitrogens with zero attached hydrogens (tertiary/aromatic N) is 1. The summed E-state index contributed by atoms with van der Waals surface area (Å²) in [6.45, 7) is 1.05. The number of halogens is 7. The fourth-order valence-electron chi connectivity index (χ4n) is 0.515. The molecule has 0 aromatic carbocycles. The van der Waals surface area contributed by atoms with E-state index in [2.05, 4.69) is 15.9 Å². The third kappa shape index (κ3) is 3.45. The van der Waals surface area contributed by atoms with E-state index < -0.39 is 22.1 Å². The first kappa shape index (κ1) is 12.6. The van der Waals surface area contributed by atoms with Crippen LogP contribution in [-0.4, -0.2) is 17.5 Å². The van der Waals surface area contributed by atoms with E-state index in [0.717, 1.165) is 6.92 Å². The summed E-state index contributed by atoms with van der Waals surface area (Å²) in [6.07, 6.45) is -10.3. The normalized spacial score (nSPS) is 14.6. The molecule has 0 fully saturated rings. The van der Waals surface area contributed by atoms with Gasteiger partial charge in [0.15, 0.2) is 0 Å². The second kappa shape index (κ2) is 3.77. The van der Waals surface area contributed by atoms with Crippen molar-refractivity contribution in [1.29, 1.82) is 0 Å². The zero-order valence-corrected chi connectivity index (χ0v) is 7.76. The van der Waals surface area contributed by atoms with Gasteiger partial charge in [0.05, 0.1) is 4.61 Å². The van der Waals surface area contributed by atoms with Gasteiger partial charge in [-0.2, -0.15) is 4.90 Å². The molecular formula is C5H4BrF6N. The summed E-state index contributed by atoms with van der Waals surface area (Å²) >= 11 is 2.16. The van der Waals surface area contributed by atoms with E-state index in [1.165, 1.54) is 0 Å². The molecule has 0 atom stereocenters. The molecule has 8 heteroatoms. The summed E-state index contributed by atoms with van der Waals surface area (Å²) in [6, 6.07) is 0. The summed E-state index contributed by atoms with van der Waals surface area (Å²) in [5.41, 5.74) is 0. The van der Waals surface area contributed by atoms with Gasteiger partial charge >= 0.3 is 12.6 Å². The van der Waals surface area contributed by atoms with Crippen LogP contribution in [0.5, 0.6) is 0 Å². The van der Waals surface area contributed by atoms with Crippen LogP contribution in [-0.2, 0) is 0 Å². The monoisotopic (exact) mass is 271 g/mol. The van der Waals surface area contributed by atoms with Crippen molar-refractivity contribution < 1.29 is 26.3 Å². The van der Waals surface area contributed by atoms with Crippen LogP contribution in [0.4, 0.5) is 26.3 Å². The van der Waals surface area contributed by atoms with Crippen molar-refractivity contribution in [1.82, 2.24) is 4.90 Å². The summed E-state index contributed by atoms with van der Waals surface area (Å²) in [5.74, 6) is 0. The van der Waals surface area contributed by atoms with E-state index in [1.54, 1.807) is 0 Å². The van der Waals surface area contributed by atoms with Crippen LogP contribution < -0.4 is 0 Å². The molecule has 0 aliphatic carbocycles. The van der Waals surface area contributed by atoms with Gasteiger partial charge in [-0.3, -0.25) is 0 Å². The molecule has 0 aromatic rings. The molecule has 1 nitrogen and oxygen atoms in total. The quantitative estimate of drug-likeness (QED) is 0.521. The first-order chi connectivity index (χ1) is 5.60. The van der Waals surface area contributed by atoms with Crippen molar-refractivity contribution in [2.75, 3.05) is 0 Å². The highest BCUT2D eigenvalue weighted by atomic mass is 79.9. The molecule has 0 saturated carbocycles. The van der Waals surface area contributed by atoms with E-state index in [-0.39, 0.29) is 0 Å². The van der Waals surface area contributed by atoms with Crippen molar-refractivity contribution in [3.8, 4) is 0 Å². The predicted molar refractivity (Wildman–Crippen MR) is 36.6 cm³/mol. The average molecular weight is 272 g/mol. The van der Waals surface area contributed by atoms with Gasteiger partial charge in [0.25, 0.3) is 0 Å². The van der Waals surface area contributed by atoms with Gasteiger partial charge in [0.2, 0.25) is 0 Å². The Morgan fingerprint density at radius 3 is 1.46 bits per heavy atom. The summed E-state index contributed by atoms with van der Waals surface area (Å²) in [7, 11) is 0. The lowest BCUT2D eigenvalue weighted by Crippen LogP contribution is -2.45. The molecule has 0 saturated heterocycles. The Kier molecular flexibility index (Phi) is 3.65. The Morgan fingerprint density at radius 1 is 1.08 bits per heavy atom. The zero-order chi connectivity index (χ0) is 10.9. The van der Waals surface area contributed by atoms with Gasteiger partial charge in [-0.1, -0.05) is 6.08 Å². The molecule has 0 aliphatic rings. The smallest absolute Gasteiger partial charge is 0.187 e. The minimum absolute atomic E-state index is 0.654. The molecule has 0 spiro atoms. The van der Waals surface area contributed by atoms with E-state index in [0.29, 0.717) is 6.08 Å². The van der Waals surface area contributed by atoms with Gasteiger partial charge in [0.1, 0.15) is 0 Å². The Hall–Kier alpha value is -0.400. The number of allylic oxidation sites excluding steroid dienone is 1. The highest BCUT2D eigenvalue weighted by Crippen LogP contribution is 2.38. The second-order valence-electron chi connectivity index (χ2n) is 1.88. The third-order valence-corrected chi connectivity index (χ3v) is 1.77. The van der Waals surface area contributed by atoms with Crippen LogP contribution in [0.1, 0.15) is 6.92 Å². The predicted octanol–water partition coefficient (Wildman–Crippen LogP) is 3.58. The molecule has 0 aliphatic heterocycles. The lowest BCUT2D eigenvalue weighted by Gasteiger charge is -2.27. The van der Waals surface area contributed by atoms with Crippen molar-refractivity contribution in [2.45, 2.75) is 19.5 Å². The van der Waals surface area contributed by atoms with Crippen LogP contribution in [0.3, 0.4) is 0 Å². The Morgan fingerprint density at radius 2 is 1.38 bits per heavy atom. The molecule has 78 valence electrons. The van der Waals surface area contributed by atoms with Crippen molar-refractivity contribution >= 4 is 15.9 Å². The maximum absolute atomic E-state index is 11.8. The molecular weight excluding hydrogens is 268 g/mol. The van der Waals surface area contributed by atoms with Crippen LogP contribution in [0.25, 0.3) is 0 Å². The number of rotatable bonds is 1. The maximum Gasteiger partial charge on any atom is 0.492 e. The SMILES string of the molecule is C/C=C(/Br)N(C(F)(F)F)C(F)(F)F. The molecule has 0 radical (unpaired) electrons. The zero-order valence-electron chi connectivity index (χ0n) is 6.17. The topological polar surface area (TPSA) is 3.24 Å². The lowest BCUT2D eigenvalue weighted by molar-refractivity contribution is -0.355. The van der Waals surface area contributed by atoms with Crippen LogP contribution in [0.2, 0.25) is 0 Å². The molecule has 0 aromatic heterocycles. The van der Waals surface area contributed by atoms with Crippen LogP contribution >= 0.6 is 15.9 Å². The Balaban J connectivity index is 5.01. The molecule has 0 bridgehead atoms. The number of hydrogen-bond acceptors (Lipinski definition) is 1. The summed E-state index contributed by atoms with van der Waals surface area (Å²) in [5, 5.41) is 0. The number of hydrogen-bond donors (Lipinski definition) is 0. The Bertz CT molecular complexity index is 190. The van der Waals surface area contributed by atoms with Gasteiger partial charge in [0, 0.05) is 0 Å². The van der Waals surface area contributed by atoms with Gasteiger partial charge in [-0.15, -0.1) is 26.3 Å². The van der Waals surface area contributed by atoms with Crippen LogP contribution in [0.15, 0.2) is 10.7 Å². The van der Waals surface area contributed by atoms with Crippen molar-refractivity contribution in [3.05, 3.63) is 10.7 Å². The van der Waals surface area contributed by atoms with Gasteiger partial charge < -0.3 is 0 Å². The average Bonchev–Trinajstić information content (AvgIpc) is 1.80. The van der Waals surface area contributed by atoms with Crippen molar-refractivity contribution in [3.63, 3.8) is 0 Å². The molecule has 13 heavy (non-hydrogen) atoms. The van der Waals surface area contributed by atoms with Gasteiger partial charge in [-0.25, -0.2) is 0 Å². The van der Waals surface area contributed by atoms with Crippen LogP contribution in [0, 0.1) is 0 Å². The second-order valence-corrected chi connectivity index (χ2v) is 2.69. The minimum atomic E-state index is -5.48. The summed E-state index contributed by atoms with van der Waals surface area (Å²) in [4.78, 5) is -1.62. The van der Waals surface area contributed by atoms with Crippen molar-refractivity contribution in [2.24, 2.45) is 0 Å². The third-order valence-electron chi connectivity index (χ3n) is 0.959. The van der Waals surface area contributed by atoms with E-state index in [9.17, 15) is 26.3 Å². The summed E-state index contributed by atoms with van der Waals surface area (Å²) < 4.78 is 69.6. The fraction of sp³-hybridized carbons (Fsp3) is 0.600. The standard InChI is InChI=1S/C5H4BrF6N/c1-2-3(6)13(4(7,8)9)5(10,11)12/h2H,1H3/b3-2-. The molecule has 0 N–H and O–H groups in total. The maximum atomic E-state index is 11.8. The van der Waals surface area contributed by atoms with Gasteiger partial charge in [-0.05, 0) is 22.9 Å². The molecule has 0 unspecified atom stereocenters. The first-order valence-corrected chi connectivity index (χ1v) is 3.65. The highest BCUT2D eigenvalue weighted by Gasteiger charge is 2.54. The lowest BCUT2D eigenvalue weighted by atomic mass is 10.6. The largest absolute Gasteiger partial charge is 0.492 e. The Labute approximate surface area is 78.1 Å². The van der Waals surface area contributed by atoms with E-state index >= 15 is 0 Å². The van der Waals surface area contributed by atoms with E-state index in [4.69, 9.17) is 0 Å². The minimum Gasteiger partial charge on any atom is -0.187 e. The molecule has 0 heterocycles. The number of alkyl halides is 6. The molecule has 0 rings (SSSR count). The highest BCUT2D eigenvalue weighted by molar-refractivity contribution is 9.11. The molecule has 0 amide bonds. The fourth-order valence-corrected chi connectivity index (χ4v) is 0.917. The van der Waals surface area contributed by atoms with E-state index in [1.807, 2.05) is 0 Å².